The highest BCUT2D eigenvalue weighted by Crippen LogP contribution is 2.34. The van der Waals surface area contributed by atoms with Crippen molar-refractivity contribution in [1.29, 1.82) is 0 Å². The van der Waals surface area contributed by atoms with E-state index >= 15 is 0 Å². The lowest BCUT2D eigenvalue weighted by Crippen LogP contribution is -2.24. The molecule has 0 amide bonds. The van der Waals surface area contributed by atoms with Crippen molar-refractivity contribution in [2.75, 3.05) is 4.90 Å². The summed E-state index contributed by atoms with van der Waals surface area (Å²) in [6, 6.07) is 11.3. The van der Waals surface area contributed by atoms with Crippen molar-refractivity contribution in [2.45, 2.75) is 44.9 Å². The second-order valence-electron chi connectivity index (χ2n) is 5.51. The highest BCUT2D eigenvalue weighted by Gasteiger charge is 2.29. The summed E-state index contributed by atoms with van der Waals surface area (Å²) in [6.07, 6.45) is 3.02. The molecule has 2 aromatic rings. The van der Waals surface area contributed by atoms with Crippen molar-refractivity contribution in [3.05, 3.63) is 52.2 Å². The van der Waals surface area contributed by atoms with Crippen LogP contribution in [-0.4, -0.2) is 11.1 Å². The van der Waals surface area contributed by atoms with Crippen LogP contribution in [0.1, 0.15) is 43.4 Å². The van der Waals surface area contributed by atoms with Gasteiger partial charge in [0.2, 0.25) is 0 Å². The molecule has 0 aliphatic heterocycles. The minimum absolute atomic E-state index is 0.338. The normalized spacial score (nSPS) is 16.1. The van der Waals surface area contributed by atoms with E-state index in [1.807, 2.05) is 6.92 Å². The van der Waals surface area contributed by atoms with Gasteiger partial charge in [0.15, 0.2) is 0 Å². The van der Waals surface area contributed by atoms with Gasteiger partial charge in [-0.1, -0.05) is 19.1 Å². The van der Waals surface area contributed by atoms with Crippen molar-refractivity contribution < 1.29 is 5.11 Å². The number of aliphatic hydroxyl groups is 1. The van der Waals surface area contributed by atoms with Gasteiger partial charge in [-0.05, 0) is 59.3 Å². The summed E-state index contributed by atoms with van der Waals surface area (Å²) in [5.41, 5.74) is 3.67. The number of thiophene rings is 1. The molecule has 2 nitrogen and oxygen atoms in total. The molecule has 0 unspecified atom stereocenters. The van der Waals surface area contributed by atoms with Crippen molar-refractivity contribution in [2.24, 2.45) is 0 Å². The van der Waals surface area contributed by atoms with Crippen LogP contribution >= 0.6 is 11.3 Å². The van der Waals surface area contributed by atoms with Crippen LogP contribution in [0.25, 0.3) is 0 Å². The third-order valence-electron chi connectivity index (χ3n) is 3.92. The predicted octanol–water partition coefficient (Wildman–Crippen LogP) is 4.36. The summed E-state index contributed by atoms with van der Waals surface area (Å²) < 4.78 is 0. The van der Waals surface area contributed by atoms with Gasteiger partial charge in [0.05, 0.1) is 6.10 Å². The molecule has 0 bridgehead atoms. The Kier molecular flexibility index (Phi) is 4.08. The summed E-state index contributed by atoms with van der Waals surface area (Å²) in [6.45, 7) is 3.00. The minimum atomic E-state index is -0.338. The van der Waals surface area contributed by atoms with Crippen LogP contribution in [0.4, 0.5) is 5.69 Å². The molecule has 1 fully saturated rings. The van der Waals surface area contributed by atoms with Gasteiger partial charge in [0, 0.05) is 18.3 Å². The molecule has 1 aliphatic carbocycles. The summed E-state index contributed by atoms with van der Waals surface area (Å²) in [7, 11) is 0. The topological polar surface area (TPSA) is 23.5 Å². The average Bonchev–Trinajstić information content (AvgIpc) is 3.21. The maximum Gasteiger partial charge on any atom is 0.0787 e. The second-order valence-corrected chi connectivity index (χ2v) is 6.29. The van der Waals surface area contributed by atoms with E-state index < -0.39 is 0 Å². The average molecular weight is 287 g/mol. The van der Waals surface area contributed by atoms with Crippen LogP contribution in [0.15, 0.2) is 41.1 Å². The lowest BCUT2D eigenvalue weighted by Gasteiger charge is -2.25. The molecule has 3 heteroatoms. The molecular formula is C17H21NOS. The van der Waals surface area contributed by atoms with Crippen molar-refractivity contribution in [3.8, 4) is 0 Å². The van der Waals surface area contributed by atoms with Crippen LogP contribution in [0.3, 0.4) is 0 Å². The van der Waals surface area contributed by atoms with E-state index in [0.29, 0.717) is 6.04 Å². The molecular weight excluding hydrogens is 266 g/mol. The zero-order valence-electron chi connectivity index (χ0n) is 11.8. The van der Waals surface area contributed by atoms with Gasteiger partial charge in [0.25, 0.3) is 0 Å². The Hall–Kier alpha value is -1.32. The Balaban J connectivity index is 1.77. The van der Waals surface area contributed by atoms with E-state index in [4.69, 9.17) is 0 Å². The Morgan fingerprint density at radius 3 is 2.55 bits per heavy atom. The number of nitrogens with zero attached hydrogens (tertiary/aromatic N) is 1. The molecule has 0 saturated heterocycles. The van der Waals surface area contributed by atoms with E-state index in [1.54, 1.807) is 11.3 Å². The van der Waals surface area contributed by atoms with Gasteiger partial charge in [0.1, 0.15) is 0 Å². The standard InChI is InChI=1S/C17H21NOS/c1-2-17(19)14-3-5-15(6-4-14)18(16-7-8-16)11-13-9-10-20-12-13/h3-6,9-10,12,16-17,19H,2,7-8,11H2,1H3/t17-/m1/s1. The fourth-order valence-electron chi connectivity index (χ4n) is 2.52. The van der Waals surface area contributed by atoms with Crippen LogP contribution in [0.5, 0.6) is 0 Å². The predicted molar refractivity (Wildman–Crippen MR) is 85.2 cm³/mol. The smallest absolute Gasteiger partial charge is 0.0787 e. The fraction of sp³-hybridized carbons (Fsp3) is 0.412. The first kappa shape index (κ1) is 13.7. The number of anilines is 1. The fourth-order valence-corrected chi connectivity index (χ4v) is 3.18. The van der Waals surface area contributed by atoms with E-state index in [9.17, 15) is 5.11 Å². The third kappa shape index (κ3) is 3.05. The molecule has 0 radical (unpaired) electrons. The SMILES string of the molecule is CC[C@@H](O)c1ccc(N(Cc2ccsc2)C2CC2)cc1. The van der Waals surface area contributed by atoms with E-state index in [2.05, 4.69) is 46.0 Å². The molecule has 20 heavy (non-hydrogen) atoms. The number of benzene rings is 1. The Bertz CT molecular complexity index is 531. The quantitative estimate of drug-likeness (QED) is 0.853. The summed E-state index contributed by atoms with van der Waals surface area (Å²) >= 11 is 1.76. The summed E-state index contributed by atoms with van der Waals surface area (Å²) in [5.74, 6) is 0. The van der Waals surface area contributed by atoms with Gasteiger partial charge in [-0.3, -0.25) is 0 Å². The molecule has 1 aromatic carbocycles. The highest BCUT2D eigenvalue weighted by molar-refractivity contribution is 7.07. The van der Waals surface area contributed by atoms with Crippen LogP contribution in [0.2, 0.25) is 0 Å². The molecule has 1 N–H and O–H groups in total. The monoisotopic (exact) mass is 287 g/mol. The van der Waals surface area contributed by atoms with Gasteiger partial charge in [-0.15, -0.1) is 0 Å². The first-order valence-electron chi connectivity index (χ1n) is 7.33. The summed E-state index contributed by atoms with van der Waals surface area (Å²) in [4.78, 5) is 2.49. The molecule has 1 saturated carbocycles. The second kappa shape index (κ2) is 5.98. The minimum Gasteiger partial charge on any atom is -0.388 e. The van der Waals surface area contributed by atoms with Crippen LogP contribution in [-0.2, 0) is 6.54 Å². The molecule has 1 heterocycles. The number of hydrogen-bond acceptors (Lipinski definition) is 3. The van der Waals surface area contributed by atoms with Crippen molar-refractivity contribution in [1.82, 2.24) is 0 Å². The Morgan fingerprint density at radius 1 is 1.25 bits per heavy atom. The third-order valence-corrected chi connectivity index (χ3v) is 4.65. The van der Waals surface area contributed by atoms with Crippen LogP contribution in [0, 0.1) is 0 Å². The molecule has 1 aromatic heterocycles. The van der Waals surface area contributed by atoms with E-state index in [1.165, 1.54) is 24.1 Å². The van der Waals surface area contributed by atoms with Gasteiger partial charge in [-0.2, -0.15) is 11.3 Å². The zero-order chi connectivity index (χ0) is 13.9. The number of rotatable bonds is 6. The maximum absolute atomic E-state index is 9.88. The zero-order valence-corrected chi connectivity index (χ0v) is 12.6. The molecule has 1 atom stereocenters. The lowest BCUT2D eigenvalue weighted by molar-refractivity contribution is 0.173. The first-order chi connectivity index (χ1) is 9.78. The first-order valence-corrected chi connectivity index (χ1v) is 8.28. The maximum atomic E-state index is 9.88. The van der Waals surface area contributed by atoms with Crippen molar-refractivity contribution >= 4 is 17.0 Å². The van der Waals surface area contributed by atoms with E-state index in [-0.39, 0.29) is 6.10 Å². The van der Waals surface area contributed by atoms with Crippen LogP contribution < -0.4 is 4.90 Å². The number of aliphatic hydroxyl groups excluding tert-OH is 1. The lowest BCUT2D eigenvalue weighted by atomic mass is 10.1. The van der Waals surface area contributed by atoms with Crippen molar-refractivity contribution in [3.63, 3.8) is 0 Å². The molecule has 3 rings (SSSR count). The largest absolute Gasteiger partial charge is 0.388 e. The van der Waals surface area contributed by atoms with E-state index in [0.717, 1.165) is 18.5 Å². The van der Waals surface area contributed by atoms with Gasteiger partial charge in [-0.25, -0.2) is 0 Å². The van der Waals surface area contributed by atoms with Gasteiger partial charge < -0.3 is 10.0 Å². The highest BCUT2D eigenvalue weighted by atomic mass is 32.1. The van der Waals surface area contributed by atoms with Gasteiger partial charge >= 0.3 is 0 Å². The molecule has 0 spiro atoms. The summed E-state index contributed by atoms with van der Waals surface area (Å²) in [5, 5.41) is 14.2. The Morgan fingerprint density at radius 2 is 2.00 bits per heavy atom. The number of hydrogen-bond donors (Lipinski definition) is 1. The Labute approximate surface area is 124 Å². The molecule has 1 aliphatic rings. The molecule has 106 valence electrons.